The van der Waals surface area contributed by atoms with Crippen LogP contribution in [-0.4, -0.2) is 31.7 Å². The Morgan fingerprint density at radius 1 is 1.24 bits per heavy atom. The van der Waals surface area contributed by atoms with Crippen molar-refractivity contribution in [2.75, 3.05) is 5.32 Å². The Hall–Kier alpha value is -3.09. The molecule has 0 saturated carbocycles. The molecule has 0 fully saturated rings. The summed E-state index contributed by atoms with van der Waals surface area (Å²) in [4.78, 5) is 27.0. The number of aliphatic carboxylic acids is 1. The monoisotopic (exact) mass is 340 g/mol. The minimum absolute atomic E-state index is 0.293. The molecule has 2 heterocycles. The fourth-order valence-electron chi connectivity index (χ4n) is 2.59. The second-order valence-electron chi connectivity index (χ2n) is 6.60. The lowest BCUT2D eigenvalue weighted by molar-refractivity contribution is -0.146. The molecule has 0 aliphatic carbocycles. The summed E-state index contributed by atoms with van der Waals surface area (Å²) < 4.78 is 1.31. The van der Waals surface area contributed by atoms with Crippen LogP contribution in [0.25, 0.3) is 10.9 Å². The van der Waals surface area contributed by atoms with Crippen molar-refractivity contribution in [3.8, 4) is 0 Å². The summed E-state index contributed by atoms with van der Waals surface area (Å²) in [7, 11) is 0. The molecule has 1 aromatic carbocycles. The Morgan fingerprint density at radius 2 is 1.96 bits per heavy atom. The normalized spacial score (nSPS) is 11.7. The first kappa shape index (κ1) is 16.8. The second-order valence-corrected chi connectivity index (χ2v) is 6.60. The van der Waals surface area contributed by atoms with Gasteiger partial charge >= 0.3 is 5.97 Å². The summed E-state index contributed by atoms with van der Waals surface area (Å²) in [6.45, 7) is 7.08. The third kappa shape index (κ3) is 2.88. The van der Waals surface area contributed by atoms with E-state index in [-0.39, 0.29) is 5.91 Å². The smallest absolute Gasteiger partial charge is 0.331 e. The number of carboxylic acid groups (broad SMARTS) is 1. The number of carbonyl (C=O) groups excluding carboxylic acids is 1. The maximum atomic E-state index is 12.5. The third-order valence-electron chi connectivity index (χ3n) is 4.50. The van der Waals surface area contributed by atoms with Crippen molar-refractivity contribution in [3.05, 3.63) is 47.3 Å². The number of aromatic amines is 1. The average Bonchev–Trinajstić information content (AvgIpc) is 3.13. The maximum Gasteiger partial charge on any atom is 0.331 e. The highest BCUT2D eigenvalue weighted by Gasteiger charge is 2.30. The molecule has 3 aromatic rings. The molecule has 7 nitrogen and oxygen atoms in total. The van der Waals surface area contributed by atoms with Crippen molar-refractivity contribution in [2.45, 2.75) is 33.2 Å². The van der Waals surface area contributed by atoms with Gasteiger partial charge in [-0.15, -0.1) is 0 Å². The molecule has 0 unspecified atom stereocenters. The van der Waals surface area contributed by atoms with Gasteiger partial charge in [0.1, 0.15) is 0 Å². The molecule has 0 radical (unpaired) electrons. The first-order valence-corrected chi connectivity index (χ1v) is 7.90. The average molecular weight is 340 g/mol. The fraction of sp³-hybridized carbons (Fsp3) is 0.278. The predicted molar refractivity (Wildman–Crippen MR) is 94.9 cm³/mol. The van der Waals surface area contributed by atoms with E-state index in [1.165, 1.54) is 10.9 Å². The third-order valence-corrected chi connectivity index (χ3v) is 4.50. The van der Waals surface area contributed by atoms with Crippen LogP contribution in [0.5, 0.6) is 0 Å². The molecule has 0 aliphatic rings. The van der Waals surface area contributed by atoms with Gasteiger partial charge in [0.2, 0.25) is 0 Å². The van der Waals surface area contributed by atoms with E-state index >= 15 is 0 Å². The molecule has 25 heavy (non-hydrogen) atoms. The Labute approximate surface area is 144 Å². The number of aromatic nitrogens is 3. The summed E-state index contributed by atoms with van der Waals surface area (Å²) in [6.07, 6.45) is 1.53. The van der Waals surface area contributed by atoms with Crippen molar-refractivity contribution in [1.82, 2.24) is 14.8 Å². The summed E-state index contributed by atoms with van der Waals surface area (Å²) in [5, 5.41) is 17.1. The van der Waals surface area contributed by atoms with E-state index in [2.05, 4.69) is 15.4 Å². The van der Waals surface area contributed by atoms with Gasteiger partial charge in [-0.25, -0.2) is 4.79 Å². The summed E-state index contributed by atoms with van der Waals surface area (Å²) >= 11 is 0. The molecule has 0 atom stereocenters. The summed E-state index contributed by atoms with van der Waals surface area (Å²) in [5.41, 5.74) is 2.49. The van der Waals surface area contributed by atoms with Crippen LogP contribution in [0.2, 0.25) is 0 Å². The van der Waals surface area contributed by atoms with E-state index in [4.69, 9.17) is 0 Å². The number of nitrogens with zero attached hydrogens (tertiary/aromatic N) is 2. The van der Waals surface area contributed by atoms with Crippen molar-refractivity contribution >= 4 is 28.6 Å². The van der Waals surface area contributed by atoms with Crippen molar-refractivity contribution in [3.63, 3.8) is 0 Å². The number of H-pyrrole nitrogens is 1. The number of carboxylic acids is 1. The molecule has 130 valence electrons. The van der Waals surface area contributed by atoms with Gasteiger partial charge in [0, 0.05) is 34.4 Å². The van der Waals surface area contributed by atoms with Crippen molar-refractivity contribution in [1.29, 1.82) is 0 Å². The molecule has 0 bridgehead atoms. The molecule has 1 amide bonds. The minimum atomic E-state index is -1.19. The van der Waals surface area contributed by atoms with E-state index in [1.54, 1.807) is 26.0 Å². The lowest BCUT2D eigenvalue weighted by atomic mass is 10.1. The van der Waals surface area contributed by atoms with Gasteiger partial charge in [0.15, 0.2) is 11.4 Å². The van der Waals surface area contributed by atoms with Crippen LogP contribution in [-0.2, 0) is 10.3 Å². The maximum absolute atomic E-state index is 12.5. The topological polar surface area (TPSA) is 100 Å². The highest BCUT2D eigenvalue weighted by atomic mass is 16.4. The largest absolute Gasteiger partial charge is 0.479 e. The Balaban J connectivity index is 1.84. The van der Waals surface area contributed by atoms with Crippen LogP contribution in [0.15, 0.2) is 30.5 Å². The van der Waals surface area contributed by atoms with E-state index in [1.807, 2.05) is 26.0 Å². The number of anilines is 1. The Morgan fingerprint density at radius 3 is 2.64 bits per heavy atom. The lowest BCUT2D eigenvalue weighted by Gasteiger charge is -2.19. The van der Waals surface area contributed by atoms with Crippen LogP contribution in [0.1, 0.15) is 35.5 Å². The first-order valence-electron chi connectivity index (χ1n) is 7.90. The number of hydrogen-bond donors (Lipinski definition) is 3. The van der Waals surface area contributed by atoms with Crippen molar-refractivity contribution < 1.29 is 14.7 Å². The van der Waals surface area contributed by atoms with E-state index in [0.29, 0.717) is 11.4 Å². The van der Waals surface area contributed by atoms with Crippen LogP contribution in [0.3, 0.4) is 0 Å². The molecule has 3 N–H and O–H groups in total. The SMILES string of the molecule is Cc1[nH]c2ccc(C(=O)Nc3ccn(C(C)(C)C(=O)O)n3)cc2c1C. The van der Waals surface area contributed by atoms with Gasteiger partial charge in [-0.3, -0.25) is 9.48 Å². The van der Waals surface area contributed by atoms with Gasteiger partial charge in [0.25, 0.3) is 5.91 Å². The van der Waals surface area contributed by atoms with E-state index < -0.39 is 11.5 Å². The Kier molecular flexibility index (Phi) is 3.87. The lowest BCUT2D eigenvalue weighted by Crippen LogP contribution is -2.36. The molecule has 0 aliphatic heterocycles. The van der Waals surface area contributed by atoms with E-state index in [9.17, 15) is 14.7 Å². The highest BCUT2D eigenvalue weighted by molar-refractivity contribution is 6.06. The zero-order valence-electron chi connectivity index (χ0n) is 14.5. The molecule has 3 rings (SSSR count). The molecular weight excluding hydrogens is 320 g/mol. The number of hydrogen-bond acceptors (Lipinski definition) is 3. The summed E-state index contributed by atoms with van der Waals surface area (Å²) in [5.74, 6) is -0.989. The number of nitrogens with one attached hydrogen (secondary N) is 2. The van der Waals surface area contributed by atoms with Gasteiger partial charge in [0.05, 0.1) is 0 Å². The van der Waals surface area contributed by atoms with Crippen LogP contribution < -0.4 is 5.32 Å². The number of fused-ring (bicyclic) bond motifs is 1. The quantitative estimate of drug-likeness (QED) is 0.679. The van der Waals surface area contributed by atoms with E-state index in [0.717, 1.165) is 22.2 Å². The first-order chi connectivity index (χ1) is 11.7. The second kappa shape index (κ2) is 5.77. The van der Waals surface area contributed by atoms with Crippen LogP contribution in [0.4, 0.5) is 5.82 Å². The molecule has 7 heteroatoms. The Bertz CT molecular complexity index is 982. The number of amides is 1. The summed E-state index contributed by atoms with van der Waals surface area (Å²) in [6, 6.07) is 7.02. The number of rotatable bonds is 4. The van der Waals surface area contributed by atoms with Crippen molar-refractivity contribution in [2.24, 2.45) is 0 Å². The zero-order chi connectivity index (χ0) is 18.4. The number of carbonyl (C=O) groups is 2. The molecular formula is C18H20N4O3. The number of aryl methyl sites for hydroxylation is 2. The van der Waals surface area contributed by atoms with Gasteiger partial charge < -0.3 is 15.4 Å². The highest BCUT2D eigenvalue weighted by Crippen LogP contribution is 2.23. The minimum Gasteiger partial charge on any atom is -0.479 e. The van der Waals surface area contributed by atoms with Gasteiger partial charge in [-0.1, -0.05) is 0 Å². The molecule has 0 spiro atoms. The molecule has 2 aromatic heterocycles. The van der Waals surface area contributed by atoms with Gasteiger partial charge in [-0.05, 0) is 51.5 Å². The predicted octanol–water partition coefficient (Wildman–Crippen LogP) is 3.05. The standard InChI is InChI=1S/C18H20N4O3/c1-10-11(2)19-14-6-5-12(9-13(10)14)16(23)20-15-7-8-22(21-15)18(3,4)17(24)25/h5-9,19H,1-4H3,(H,24,25)(H,20,21,23). The fourth-order valence-corrected chi connectivity index (χ4v) is 2.59. The zero-order valence-corrected chi connectivity index (χ0v) is 14.5. The number of benzene rings is 1. The van der Waals surface area contributed by atoms with Gasteiger partial charge in [-0.2, -0.15) is 5.10 Å². The molecule has 0 saturated heterocycles. The van der Waals surface area contributed by atoms with Crippen LogP contribution >= 0.6 is 0 Å². The van der Waals surface area contributed by atoms with Crippen LogP contribution in [0, 0.1) is 13.8 Å².